The molecule has 0 saturated heterocycles. The number of aryl methyl sites for hydroxylation is 1. The molecule has 0 aliphatic carbocycles. The minimum Gasteiger partial charge on any atom is -0.468 e. The second kappa shape index (κ2) is 6.17. The van der Waals surface area contributed by atoms with E-state index in [4.69, 9.17) is 4.42 Å². The van der Waals surface area contributed by atoms with E-state index in [0.717, 1.165) is 11.3 Å². The molecule has 7 heteroatoms. The minimum absolute atomic E-state index is 0.0755. The molecule has 1 N–H and O–H groups in total. The Morgan fingerprint density at radius 2 is 2.09 bits per heavy atom. The van der Waals surface area contributed by atoms with Crippen molar-refractivity contribution in [2.45, 2.75) is 31.2 Å². The number of anilines is 1. The Kier molecular flexibility index (Phi) is 4.23. The first-order chi connectivity index (χ1) is 11.0. The van der Waals surface area contributed by atoms with Crippen LogP contribution in [-0.2, 0) is 27.8 Å². The lowest BCUT2D eigenvalue weighted by molar-refractivity contribution is -0.118. The van der Waals surface area contributed by atoms with Gasteiger partial charge < -0.3 is 9.32 Å². The number of carbonyl (C=O) groups is 1. The third-order valence-electron chi connectivity index (χ3n) is 3.89. The lowest BCUT2D eigenvalue weighted by Crippen LogP contribution is -2.35. The summed E-state index contributed by atoms with van der Waals surface area (Å²) in [5, 5.41) is 0. The van der Waals surface area contributed by atoms with Crippen molar-refractivity contribution in [3.05, 3.63) is 47.9 Å². The highest BCUT2D eigenvalue weighted by Gasteiger charge is 2.25. The molecule has 6 nitrogen and oxygen atoms in total. The van der Waals surface area contributed by atoms with Crippen molar-refractivity contribution < 1.29 is 17.6 Å². The lowest BCUT2D eigenvalue weighted by atomic mass is 10.0. The monoisotopic (exact) mass is 334 g/mol. The normalized spacial score (nSPS) is 14.8. The first-order valence-electron chi connectivity index (χ1n) is 7.46. The van der Waals surface area contributed by atoms with Gasteiger partial charge in [-0.3, -0.25) is 4.79 Å². The van der Waals surface area contributed by atoms with E-state index in [0.29, 0.717) is 25.1 Å². The fraction of sp³-hybridized carbons (Fsp3) is 0.312. The van der Waals surface area contributed by atoms with Crippen LogP contribution in [0.4, 0.5) is 5.69 Å². The zero-order valence-corrected chi connectivity index (χ0v) is 13.6. The molecular formula is C16H18N2O4S. The average Bonchev–Trinajstić information content (AvgIpc) is 3.06. The van der Waals surface area contributed by atoms with E-state index < -0.39 is 10.0 Å². The van der Waals surface area contributed by atoms with Crippen LogP contribution in [0.3, 0.4) is 0 Å². The molecule has 1 aliphatic heterocycles. The molecule has 1 aromatic carbocycles. The molecule has 1 aromatic heterocycles. The summed E-state index contributed by atoms with van der Waals surface area (Å²) in [7, 11) is -3.62. The molecule has 1 aliphatic rings. The molecule has 23 heavy (non-hydrogen) atoms. The van der Waals surface area contributed by atoms with Crippen LogP contribution in [0.2, 0.25) is 0 Å². The zero-order valence-electron chi connectivity index (χ0n) is 12.8. The number of carbonyl (C=O) groups excluding carboxylic acids is 1. The Bertz CT molecular complexity index is 813. The second-order valence-corrected chi connectivity index (χ2v) is 7.10. The van der Waals surface area contributed by atoms with Gasteiger partial charge in [0.15, 0.2) is 0 Å². The molecule has 0 fully saturated rings. The van der Waals surface area contributed by atoms with E-state index >= 15 is 0 Å². The number of furan rings is 1. The molecule has 0 unspecified atom stereocenters. The van der Waals surface area contributed by atoms with Gasteiger partial charge in [0, 0.05) is 18.7 Å². The number of amides is 1. The summed E-state index contributed by atoms with van der Waals surface area (Å²) in [5.74, 6) is 0.626. The molecule has 2 heterocycles. The van der Waals surface area contributed by atoms with E-state index in [2.05, 4.69) is 4.72 Å². The first kappa shape index (κ1) is 15.8. The standard InChI is InChI=1S/C16H18N2O4S/c1-2-18-15-7-6-14(10-12(15)5-8-16(18)19)23(20,21)17-11-13-4-3-9-22-13/h3-4,6-7,9-10,17H,2,5,8,11H2,1H3. The quantitative estimate of drug-likeness (QED) is 0.907. The van der Waals surface area contributed by atoms with Crippen LogP contribution in [0, 0.1) is 0 Å². The Morgan fingerprint density at radius 1 is 1.26 bits per heavy atom. The number of nitrogens with one attached hydrogen (secondary N) is 1. The van der Waals surface area contributed by atoms with Gasteiger partial charge in [-0.05, 0) is 49.2 Å². The third kappa shape index (κ3) is 3.16. The van der Waals surface area contributed by atoms with Gasteiger partial charge in [-0.1, -0.05) is 0 Å². The summed E-state index contributed by atoms with van der Waals surface area (Å²) in [6.07, 6.45) is 2.47. The Balaban J connectivity index is 1.85. The zero-order chi connectivity index (χ0) is 16.4. The van der Waals surface area contributed by atoms with E-state index in [-0.39, 0.29) is 17.3 Å². The number of hydrogen-bond acceptors (Lipinski definition) is 4. The summed E-state index contributed by atoms with van der Waals surface area (Å²) in [6, 6.07) is 8.30. The Morgan fingerprint density at radius 3 is 2.78 bits per heavy atom. The van der Waals surface area contributed by atoms with Crippen molar-refractivity contribution in [2.75, 3.05) is 11.4 Å². The molecule has 0 atom stereocenters. The van der Waals surface area contributed by atoms with Gasteiger partial charge in [0.25, 0.3) is 0 Å². The minimum atomic E-state index is -3.62. The molecule has 0 saturated carbocycles. The van der Waals surface area contributed by atoms with Crippen molar-refractivity contribution in [1.82, 2.24) is 4.72 Å². The third-order valence-corrected chi connectivity index (χ3v) is 5.29. The summed E-state index contributed by atoms with van der Waals surface area (Å²) in [5.41, 5.74) is 1.68. The van der Waals surface area contributed by atoms with Crippen LogP contribution in [0.15, 0.2) is 45.9 Å². The summed E-state index contributed by atoms with van der Waals surface area (Å²) in [4.78, 5) is 13.8. The fourth-order valence-corrected chi connectivity index (χ4v) is 3.76. The van der Waals surface area contributed by atoms with Crippen LogP contribution < -0.4 is 9.62 Å². The topological polar surface area (TPSA) is 79.6 Å². The Labute approximate surface area is 135 Å². The van der Waals surface area contributed by atoms with E-state index in [1.165, 1.54) is 12.3 Å². The highest BCUT2D eigenvalue weighted by atomic mass is 32.2. The van der Waals surface area contributed by atoms with E-state index in [1.54, 1.807) is 29.2 Å². The highest BCUT2D eigenvalue weighted by molar-refractivity contribution is 7.89. The van der Waals surface area contributed by atoms with Crippen molar-refractivity contribution in [2.24, 2.45) is 0 Å². The Hall–Kier alpha value is -2.12. The largest absolute Gasteiger partial charge is 0.468 e. The fourth-order valence-electron chi connectivity index (χ4n) is 2.71. The molecular weight excluding hydrogens is 316 g/mol. The maximum absolute atomic E-state index is 12.4. The van der Waals surface area contributed by atoms with Gasteiger partial charge in [-0.25, -0.2) is 13.1 Å². The van der Waals surface area contributed by atoms with Crippen LogP contribution in [-0.4, -0.2) is 20.9 Å². The molecule has 0 bridgehead atoms. The predicted molar refractivity (Wildman–Crippen MR) is 85.5 cm³/mol. The molecule has 0 radical (unpaired) electrons. The van der Waals surface area contributed by atoms with Crippen molar-refractivity contribution in [3.8, 4) is 0 Å². The number of nitrogens with zero attached hydrogens (tertiary/aromatic N) is 1. The van der Waals surface area contributed by atoms with Gasteiger partial charge in [0.2, 0.25) is 15.9 Å². The van der Waals surface area contributed by atoms with E-state index in [9.17, 15) is 13.2 Å². The number of rotatable bonds is 5. The highest BCUT2D eigenvalue weighted by Crippen LogP contribution is 2.29. The number of hydrogen-bond donors (Lipinski definition) is 1. The van der Waals surface area contributed by atoms with Crippen LogP contribution >= 0.6 is 0 Å². The van der Waals surface area contributed by atoms with Crippen molar-refractivity contribution in [1.29, 1.82) is 0 Å². The van der Waals surface area contributed by atoms with Gasteiger partial charge >= 0.3 is 0 Å². The van der Waals surface area contributed by atoms with Crippen LogP contribution in [0.1, 0.15) is 24.7 Å². The summed E-state index contributed by atoms with van der Waals surface area (Å²) >= 11 is 0. The average molecular weight is 334 g/mol. The van der Waals surface area contributed by atoms with Crippen LogP contribution in [0.25, 0.3) is 0 Å². The van der Waals surface area contributed by atoms with Crippen molar-refractivity contribution >= 4 is 21.6 Å². The van der Waals surface area contributed by atoms with Crippen molar-refractivity contribution in [3.63, 3.8) is 0 Å². The SMILES string of the molecule is CCN1C(=O)CCc2cc(S(=O)(=O)NCc3ccco3)ccc21. The van der Waals surface area contributed by atoms with Gasteiger partial charge in [-0.15, -0.1) is 0 Å². The lowest BCUT2D eigenvalue weighted by Gasteiger charge is -2.28. The molecule has 1 amide bonds. The number of benzene rings is 1. The molecule has 3 rings (SSSR count). The molecule has 122 valence electrons. The number of fused-ring (bicyclic) bond motifs is 1. The molecule has 0 spiro atoms. The smallest absolute Gasteiger partial charge is 0.240 e. The summed E-state index contributed by atoms with van der Waals surface area (Å²) in [6.45, 7) is 2.59. The summed E-state index contributed by atoms with van der Waals surface area (Å²) < 4.78 is 32.4. The van der Waals surface area contributed by atoms with Gasteiger partial charge in [0.1, 0.15) is 5.76 Å². The van der Waals surface area contributed by atoms with E-state index in [1.807, 2.05) is 6.92 Å². The maximum atomic E-state index is 12.4. The number of sulfonamides is 1. The first-order valence-corrected chi connectivity index (χ1v) is 8.95. The molecule has 2 aromatic rings. The van der Waals surface area contributed by atoms with Gasteiger partial charge in [0.05, 0.1) is 17.7 Å². The predicted octanol–water partition coefficient (Wildman–Crippen LogP) is 2.06. The maximum Gasteiger partial charge on any atom is 0.240 e. The van der Waals surface area contributed by atoms with Crippen LogP contribution in [0.5, 0.6) is 0 Å². The van der Waals surface area contributed by atoms with Gasteiger partial charge in [-0.2, -0.15) is 0 Å². The second-order valence-electron chi connectivity index (χ2n) is 5.33.